The van der Waals surface area contributed by atoms with Crippen LogP contribution >= 0.6 is 0 Å². The summed E-state index contributed by atoms with van der Waals surface area (Å²) in [6, 6.07) is 7.74. The SMILES string of the molecule is Cc1n[nH]c(=O)c(C(=O)NC[C@@]2(O)CCCc3ccccc32)c1C. The lowest BCUT2D eigenvalue weighted by atomic mass is 9.79. The second-order valence-electron chi connectivity index (χ2n) is 6.36. The third kappa shape index (κ3) is 2.85. The van der Waals surface area contributed by atoms with Crippen molar-refractivity contribution in [2.75, 3.05) is 6.54 Å². The van der Waals surface area contributed by atoms with Gasteiger partial charge in [-0.05, 0) is 49.8 Å². The Morgan fingerprint density at radius 1 is 1.38 bits per heavy atom. The normalized spacial score (nSPS) is 19.6. The number of hydrogen-bond donors (Lipinski definition) is 3. The molecule has 6 heteroatoms. The van der Waals surface area contributed by atoms with Gasteiger partial charge in [0.05, 0.1) is 12.2 Å². The minimum atomic E-state index is -1.10. The quantitative estimate of drug-likeness (QED) is 0.793. The molecule has 3 rings (SSSR count). The van der Waals surface area contributed by atoms with Crippen LogP contribution in [0.1, 0.15) is 45.6 Å². The molecule has 0 saturated carbocycles. The van der Waals surface area contributed by atoms with Gasteiger partial charge in [-0.25, -0.2) is 5.10 Å². The molecule has 1 atom stereocenters. The predicted molar refractivity (Wildman–Crippen MR) is 89.9 cm³/mol. The van der Waals surface area contributed by atoms with Crippen molar-refractivity contribution < 1.29 is 9.90 Å². The lowest BCUT2D eigenvalue weighted by Crippen LogP contribution is -2.44. The van der Waals surface area contributed by atoms with Crippen molar-refractivity contribution in [2.45, 2.75) is 38.7 Å². The Kier molecular flexibility index (Phi) is 4.24. The fraction of sp³-hybridized carbons (Fsp3) is 0.389. The molecule has 126 valence electrons. The molecule has 1 aliphatic rings. The van der Waals surface area contributed by atoms with Crippen LogP contribution in [0.15, 0.2) is 29.1 Å². The van der Waals surface area contributed by atoms with Crippen LogP contribution in [0.3, 0.4) is 0 Å². The average molecular weight is 327 g/mol. The number of hydrogen-bond acceptors (Lipinski definition) is 4. The molecule has 1 aromatic heterocycles. The van der Waals surface area contributed by atoms with E-state index in [4.69, 9.17) is 0 Å². The van der Waals surface area contributed by atoms with Gasteiger partial charge in [-0.1, -0.05) is 24.3 Å². The summed E-state index contributed by atoms with van der Waals surface area (Å²) < 4.78 is 0. The van der Waals surface area contributed by atoms with Crippen molar-refractivity contribution in [3.8, 4) is 0 Å². The number of amides is 1. The van der Waals surface area contributed by atoms with Crippen LogP contribution < -0.4 is 10.9 Å². The molecule has 24 heavy (non-hydrogen) atoms. The van der Waals surface area contributed by atoms with E-state index in [0.29, 0.717) is 17.7 Å². The number of aliphatic hydroxyl groups is 1. The van der Waals surface area contributed by atoms with E-state index in [2.05, 4.69) is 15.5 Å². The Balaban J connectivity index is 1.83. The summed E-state index contributed by atoms with van der Waals surface area (Å²) in [4.78, 5) is 24.4. The summed E-state index contributed by atoms with van der Waals surface area (Å²) >= 11 is 0. The number of aromatic amines is 1. The van der Waals surface area contributed by atoms with Crippen LogP contribution in [0.4, 0.5) is 0 Å². The molecule has 0 aliphatic heterocycles. The van der Waals surface area contributed by atoms with Crippen LogP contribution in [-0.4, -0.2) is 27.8 Å². The van der Waals surface area contributed by atoms with Gasteiger partial charge in [-0.2, -0.15) is 5.10 Å². The van der Waals surface area contributed by atoms with E-state index in [9.17, 15) is 14.7 Å². The molecule has 0 saturated heterocycles. The number of fused-ring (bicyclic) bond motifs is 1. The lowest BCUT2D eigenvalue weighted by molar-refractivity contribution is 0.0189. The van der Waals surface area contributed by atoms with Gasteiger partial charge in [0, 0.05) is 0 Å². The van der Waals surface area contributed by atoms with Gasteiger partial charge in [0.15, 0.2) is 0 Å². The summed E-state index contributed by atoms with van der Waals surface area (Å²) in [5.74, 6) is -0.490. The number of carbonyl (C=O) groups excluding carboxylic acids is 1. The van der Waals surface area contributed by atoms with E-state index in [1.165, 1.54) is 0 Å². The Bertz CT molecular complexity index is 844. The first-order valence-corrected chi connectivity index (χ1v) is 8.07. The van der Waals surface area contributed by atoms with Crippen LogP contribution in [-0.2, 0) is 12.0 Å². The second-order valence-corrected chi connectivity index (χ2v) is 6.36. The number of aryl methyl sites for hydroxylation is 2. The Hall–Kier alpha value is -2.47. The summed E-state index contributed by atoms with van der Waals surface area (Å²) in [6.45, 7) is 3.49. The van der Waals surface area contributed by atoms with Crippen LogP contribution in [0.5, 0.6) is 0 Å². The second kappa shape index (κ2) is 6.20. The van der Waals surface area contributed by atoms with Gasteiger partial charge in [0.1, 0.15) is 11.2 Å². The Morgan fingerprint density at radius 3 is 2.92 bits per heavy atom. The van der Waals surface area contributed by atoms with Crippen molar-refractivity contribution >= 4 is 5.91 Å². The third-order valence-electron chi connectivity index (χ3n) is 4.79. The highest BCUT2D eigenvalue weighted by molar-refractivity contribution is 5.95. The minimum absolute atomic E-state index is 0.0511. The van der Waals surface area contributed by atoms with E-state index in [1.807, 2.05) is 24.3 Å². The van der Waals surface area contributed by atoms with Crippen molar-refractivity contribution in [1.29, 1.82) is 0 Å². The molecular weight excluding hydrogens is 306 g/mol. The van der Waals surface area contributed by atoms with Crippen LogP contribution in [0, 0.1) is 13.8 Å². The summed E-state index contributed by atoms with van der Waals surface area (Å²) in [7, 11) is 0. The van der Waals surface area contributed by atoms with Crippen molar-refractivity contribution in [1.82, 2.24) is 15.5 Å². The number of carbonyl (C=O) groups is 1. The van der Waals surface area contributed by atoms with E-state index >= 15 is 0 Å². The molecule has 1 amide bonds. The lowest BCUT2D eigenvalue weighted by Gasteiger charge is -2.34. The van der Waals surface area contributed by atoms with Crippen molar-refractivity contribution in [2.24, 2.45) is 0 Å². The highest BCUT2D eigenvalue weighted by Crippen LogP contribution is 2.34. The standard InChI is InChI=1S/C18H21N3O3/c1-11-12(2)20-21-17(23)15(11)16(22)19-10-18(24)9-5-7-13-6-3-4-8-14(13)18/h3-4,6,8,24H,5,7,9-10H2,1-2H3,(H,19,22)(H,21,23)/t18-/m0/s1. The van der Waals surface area contributed by atoms with E-state index < -0.39 is 17.1 Å². The van der Waals surface area contributed by atoms with Gasteiger partial charge < -0.3 is 10.4 Å². The zero-order valence-electron chi connectivity index (χ0n) is 13.8. The maximum Gasteiger partial charge on any atom is 0.277 e. The molecule has 0 unspecified atom stereocenters. The van der Waals surface area contributed by atoms with Gasteiger partial charge in [-0.15, -0.1) is 0 Å². The monoisotopic (exact) mass is 327 g/mol. The van der Waals surface area contributed by atoms with Gasteiger partial charge in [0.2, 0.25) is 0 Å². The first-order valence-electron chi connectivity index (χ1n) is 8.07. The molecule has 1 aliphatic carbocycles. The molecule has 0 bridgehead atoms. The number of aromatic nitrogens is 2. The third-order valence-corrected chi connectivity index (χ3v) is 4.79. The van der Waals surface area contributed by atoms with Gasteiger partial charge >= 0.3 is 0 Å². The van der Waals surface area contributed by atoms with Crippen molar-refractivity contribution in [3.05, 3.63) is 62.6 Å². The topological polar surface area (TPSA) is 95.1 Å². The Morgan fingerprint density at radius 2 is 2.12 bits per heavy atom. The molecule has 1 aromatic carbocycles. The first-order chi connectivity index (χ1) is 11.4. The molecule has 3 N–H and O–H groups in total. The highest BCUT2D eigenvalue weighted by atomic mass is 16.3. The summed E-state index contributed by atoms with van der Waals surface area (Å²) in [6.07, 6.45) is 2.36. The zero-order valence-corrected chi connectivity index (χ0v) is 13.8. The van der Waals surface area contributed by atoms with E-state index in [1.54, 1.807) is 13.8 Å². The Labute approximate surface area is 139 Å². The predicted octanol–water partition coefficient (Wildman–Crippen LogP) is 1.34. The molecule has 2 aromatic rings. The highest BCUT2D eigenvalue weighted by Gasteiger charge is 2.34. The number of nitrogens with one attached hydrogen (secondary N) is 2. The fourth-order valence-electron chi connectivity index (χ4n) is 3.30. The summed E-state index contributed by atoms with van der Waals surface area (Å²) in [5.41, 5.74) is 1.53. The van der Waals surface area contributed by atoms with Crippen LogP contribution in [0.25, 0.3) is 0 Å². The molecule has 6 nitrogen and oxygen atoms in total. The van der Waals surface area contributed by atoms with Crippen LogP contribution in [0.2, 0.25) is 0 Å². The molecule has 0 radical (unpaired) electrons. The molecular formula is C18H21N3O3. The zero-order chi connectivity index (χ0) is 17.3. The average Bonchev–Trinajstić information content (AvgIpc) is 2.57. The molecule has 0 fully saturated rings. The number of benzene rings is 1. The summed E-state index contributed by atoms with van der Waals surface area (Å²) in [5, 5.41) is 19.9. The molecule has 0 spiro atoms. The smallest absolute Gasteiger partial charge is 0.277 e. The fourth-order valence-corrected chi connectivity index (χ4v) is 3.30. The van der Waals surface area contributed by atoms with E-state index in [-0.39, 0.29) is 12.1 Å². The minimum Gasteiger partial charge on any atom is -0.383 e. The number of H-pyrrole nitrogens is 1. The first kappa shape index (κ1) is 16.4. The number of rotatable bonds is 3. The maximum atomic E-state index is 12.5. The maximum absolute atomic E-state index is 12.5. The van der Waals surface area contributed by atoms with Gasteiger partial charge in [-0.3, -0.25) is 9.59 Å². The largest absolute Gasteiger partial charge is 0.383 e. The van der Waals surface area contributed by atoms with E-state index in [0.717, 1.165) is 24.0 Å². The van der Waals surface area contributed by atoms with Gasteiger partial charge in [0.25, 0.3) is 11.5 Å². The molecule has 1 heterocycles. The van der Waals surface area contributed by atoms with Crippen molar-refractivity contribution in [3.63, 3.8) is 0 Å². The number of nitrogens with zero attached hydrogens (tertiary/aromatic N) is 1.